The van der Waals surface area contributed by atoms with Crippen molar-refractivity contribution in [2.24, 2.45) is 16.9 Å². The fraction of sp³-hybridized carbons (Fsp3) is 0.562. The smallest absolute Gasteiger partial charge is 0.217 e. The van der Waals surface area contributed by atoms with Crippen molar-refractivity contribution >= 4 is 21.8 Å². The minimum absolute atomic E-state index is 0.0431. The van der Waals surface area contributed by atoms with Gasteiger partial charge in [0.25, 0.3) is 0 Å². The monoisotopic (exact) mass is 354 g/mol. The summed E-state index contributed by atoms with van der Waals surface area (Å²) in [6.07, 6.45) is 5.55. The van der Waals surface area contributed by atoms with E-state index in [0.29, 0.717) is 6.42 Å². The molecule has 5 heteroatoms. The molecule has 0 aliphatic heterocycles. The first-order valence-electron chi connectivity index (χ1n) is 7.33. The standard InChI is InChI=1S/C16H23BrN2O2/c1-21-14-5-4-11(17)8-12(14)13(18)9-16(10-15(19)20)6-2-3-7-16/h4-5,8,13H,2-3,6-7,9-10,18H2,1H3,(H2,19,20). The summed E-state index contributed by atoms with van der Waals surface area (Å²) >= 11 is 3.48. The molecule has 1 aliphatic rings. The highest BCUT2D eigenvalue weighted by Crippen LogP contribution is 2.47. The van der Waals surface area contributed by atoms with E-state index < -0.39 is 0 Å². The Labute approximate surface area is 134 Å². The zero-order chi connectivity index (χ0) is 15.5. The highest BCUT2D eigenvalue weighted by molar-refractivity contribution is 9.10. The number of hydrogen-bond acceptors (Lipinski definition) is 3. The molecule has 116 valence electrons. The van der Waals surface area contributed by atoms with Gasteiger partial charge in [-0.3, -0.25) is 4.79 Å². The van der Waals surface area contributed by atoms with Gasteiger partial charge in [0.15, 0.2) is 0 Å². The maximum Gasteiger partial charge on any atom is 0.217 e. The van der Waals surface area contributed by atoms with Crippen molar-refractivity contribution in [1.29, 1.82) is 0 Å². The molecule has 0 saturated heterocycles. The molecule has 1 saturated carbocycles. The van der Waals surface area contributed by atoms with Crippen LogP contribution in [0.25, 0.3) is 0 Å². The molecule has 1 unspecified atom stereocenters. The zero-order valence-electron chi connectivity index (χ0n) is 12.4. The second-order valence-electron chi connectivity index (χ2n) is 6.05. The van der Waals surface area contributed by atoms with E-state index in [0.717, 1.165) is 47.9 Å². The quantitative estimate of drug-likeness (QED) is 0.822. The van der Waals surface area contributed by atoms with Crippen LogP contribution >= 0.6 is 15.9 Å². The number of benzene rings is 1. The largest absolute Gasteiger partial charge is 0.496 e. The molecule has 0 heterocycles. The van der Waals surface area contributed by atoms with Crippen molar-refractivity contribution in [2.75, 3.05) is 7.11 Å². The highest BCUT2D eigenvalue weighted by Gasteiger charge is 2.37. The lowest BCUT2D eigenvalue weighted by Crippen LogP contribution is -2.29. The lowest BCUT2D eigenvalue weighted by atomic mass is 9.76. The van der Waals surface area contributed by atoms with Crippen LogP contribution in [-0.4, -0.2) is 13.0 Å². The van der Waals surface area contributed by atoms with Gasteiger partial charge in [0.1, 0.15) is 5.75 Å². The molecule has 1 amide bonds. The van der Waals surface area contributed by atoms with Crippen LogP contribution in [0, 0.1) is 5.41 Å². The maximum atomic E-state index is 11.4. The second-order valence-corrected chi connectivity index (χ2v) is 6.96. The number of nitrogens with two attached hydrogens (primary N) is 2. The van der Waals surface area contributed by atoms with E-state index in [1.54, 1.807) is 7.11 Å². The van der Waals surface area contributed by atoms with Gasteiger partial charge in [-0.1, -0.05) is 28.8 Å². The molecule has 2 rings (SSSR count). The molecule has 0 bridgehead atoms. The predicted octanol–water partition coefficient (Wildman–Crippen LogP) is 3.28. The third-order valence-electron chi connectivity index (χ3n) is 4.46. The molecule has 1 aliphatic carbocycles. The predicted molar refractivity (Wildman–Crippen MR) is 87.0 cm³/mol. The van der Waals surface area contributed by atoms with Gasteiger partial charge in [0, 0.05) is 22.5 Å². The Morgan fingerprint density at radius 1 is 1.43 bits per heavy atom. The number of carbonyl (C=O) groups is 1. The minimum atomic E-state index is -0.231. The number of ether oxygens (including phenoxy) is 1. The van der Waals surface area contributed by atoms with Crippen LogP contribution in [0.3, 0.4) is 0 Å². The van der Waals surface area contributed by atoms with E-state index in [4.69, 9.17) is 16.2 Å². The summed E-state index contributed by atoms with van der Waals surface area (Å²) in [5.41, 5.74) is 12.8. The van der Waals surface area contributed by atoms with E-state index in [1.165, 1.54) is 0 Å². The van der Waals surface area contributed by atoms with Gasteiger partial charge < -0.3 is 16.2 Å². The van der Waals surface area contributed by atoms with Gasteiger partial charge in [-0.15, -0.1) is 0 Å². The van der Waals surface area contributed by atoms with Crippen molar-refractivity contribution in [3.8, 4) is 5.75 Å². The Kier molecular flexibility index (Phi) is 5.27. The Balaban J connectivity index is 2.21. The van der Waals surface area contributed by atoms with Crippen LogP contribution in [0.1, 0.15) is 50.1 Å². The van der Waals surface area contributed by atoms with E-state index in [2.05, 4.69) is 15.9 Å². The molecule has 0 aromatic heterocycles. The summed E-state index contributed by atoms with van der Waals surface area (Å²) in [6.45, 7) is 0. The molecule has 1 aromatic carbocycles. The third kappa shape index (κ3) is 3.98. The van der Waals surface area contributed by atoms with Gasteiger partial charge in [0.2, 0.25) is 5.91 Å². The lowest BCUT2D eigenvalue weighted by Gasteiger charge is -2.31. The molecule has 1 fully saturated rings. The van der Waals surface area contributed by atoms with Crippen LogP contribution in [-0.2, 0) is 4.79 Å². The Morgan fingerprint density at radius 2 is 2.10 bits per heavy atom. The van der Waals surface area contributed by atoms with E-state index >= 15 is 0 Å². The first kappa shape index (κ1) is 16.3. The number of primary amides is 1. The van der Waals surface area contributed by atoms with E-state index in [1.807, 2.05) is 18.2 Å². The first-order chi connectivity index (χ1) is 9.96. The fourth-order valence-corrected chi connectivity index (χ4v) is 3.90. The lowest BCUT2D eigenvalue weighted by molar-refractivity contribution is -0.120. The van der Waals surface area contributed by atoms with Crippen LogP contribution in [0.4, 0.5) is 0 Å². The molecular weight excluding hydrogens is 332 g/mol. The number of halogens is 1. The molecule has 4 N–H and O–H groups in total. The molecule has 1 aromatic rings. The van der Waals surface area contributed by atoms with Gasteiger partial charge in [-0.05, 0) is 42.9 Å². The van der Waals surface area contributed by atoms with Crippen LogP contribution in [0.2, 0.25) is 0 Å². The summed E-state index contributed by atoms with van der Waals surface area (Å²) < 4.78 is 6.38. The van der Waals surface area contributed by atoms with Gasteiger partial charge in [-0.2, -0.15) is 0 Å². The van der Waals surface area contributed by atoms with Crippen molar-refractivity contribution in [1.82, 2.24) is 0 Å². The topological polar surface area (TPSA) is 78.3 Å². The Hall–Kier alpha value is -1.07. The van der Waals surface area contributed by atoms with Crippen molar-refractivity contribution < 1.29 is 9.53 Å². The minimum Gasteiger partial charge on any atom is -0.496 e. The first-order valence-corrected chi connectivity index (χ1v) is 8.12. The molecule has 1 atom stereocenters. The van der Waals surface area contributed by atoms with Gasteiger partial charge >= 0.3 is 0 Å². The van der Waals surface area contributed by atoms with Crippen molar-refractivity contribution in [3.63, 3.8) is 0 Å². The molecule has 0 spiro atoms. The van der Waals surface area contributed by atoms with Crippen molar-refractivity contribution in [3.05, 3.63) is 28.2 Å². The average molecular weight is 355 g/mol. The summed E-state index contributed by atoms with van der Waals surface area (Å²) in [7, 11) is 1.65. The second kappa shape index (κ2) is 6.79. The van der Waals surface area contributed by atoms with Gasteiger partial charge in [-0.25, -0.2) is 0 Å². The van der Waals surface area contributed by atoms with Crippen LogP contribution in [0.5, 0.6) is 5.75 Å². The number of hydrogen-bond donors (Lipinski definition) is 2. The number of methoxy groups -OCH3 is 1. The summed E-state index contributed by atoms with van der Waals surface area (Å²) in [5.74, 6) is 0.559. The molecule has 4 nitrogen and oxygen atoms in total. The van der Waals surface area contributed by atoms with E-state index in [9.17, 15) is 4.79 Å². The Morgan fingerprint density at radius 3 is 2.67 bits per heavy atom. The molecule has 0 radical (unpaired) electrons. The van der Waals surface area contributed by atoms with Crippen LogP contribution in [0.15, 0.2) is 22.7 Å². The zero-order valence-corrected chi connectivity index (χ0v) is 14.0. The maximum absolute atomic E-state index is 11.4. The summed E-state index contributed by atoms with van der Waals surface area (Å²) in [6, 6.07) is 5.68. The number of rotatable bonds is 6. The highest BCUT2D eigenvalue weighted by atomic mass is 79.9. The van der Waals surface area contributed by atoms with Crippen molar-refractivity contribution in [2.45, 2.75) is 44.6 Å². The summed E-state index contributed by atoms with van der Waals surface area (Å²) in [4.78, 5) is 11.4. The third-order valence-corrected chi connectivity index (χ3v) is 4.95. The average Bonchev–Trinajstić information content (AvgIpc) is 2.85. The normalized spacial score (nSPS) is 18.4. The Bertz CT molecular complexity index is 513. The SMILES string of the molecule is COc1ccc(Br)cc1C(N)CC1(CC(N)=O)CCCC1. The van der Waals surface area contributed by atoms with E-state index in [-0.39, 0.29) is 17.4 Å². The van der Waals surface area contributed by atoms with Gasteiger partial charge in [0.05, 0.1) is 7.11 Å². The van der Waals surface area contributed by atoms with Crippen LogP contribution < -0.4 is 16.2 Å². The fourth-order valence-electron chi connectivity index (χ4n) is 3.52. The molecule has 21 heavy (non-hydrogen) atoms. The summed E-state index contributed by atoms with van der Waals surface area (Å²) in [5, 5.41) is 0. The number of amides is 1. The molecular formula is C16H23BrN2O2. The number of carbonyl (C=O) groups excluding carboxylic acids is 1.